The van der Waals surface area contributed by atoms with Crippen molar-refractivity contribution in [2.45, 2.75) is 32.2 Å². The van der Waals surface area contributed by atoms with Crippen LogP contribution in [0.3, 0.4) is 0 Å². The van der Waals surface area contributed by atoms with Gasteiger partial charge in [0.25, 0.3) is 0 Å². The molecule has 0 radical (unpaired) electrons. The van der Waals surface area contributed by atoms with Gasteiger partial charge in [-0.15, -0.1) is 0 Å². The van der Waals surface area contributed by atoms with Crippen molar-refractivity contribution in [2.24, 2.45) is 5.73 Å². The van der Waals surface area contributed by atoms with E-state index in [1.54, 1.807) is 0 Å². The third-order valence-corrected chi connectivity index (χ3v) is 3.69. The Morgan fingerprint density at radius 1 is 1.00 bits per heavy atom. The van der Waals surface area contributed by atoms with Crippen molar-refractivity contribution in [3.63, 3.8) is 0 Å². The van der Waals surface area contributed by atoms with Crippen LogP contribution in [0.25, 0.3) is 0 Å². The lowest BCUT2D eigenvalue weighted by molar-refractivity contribution is 0.481. The Bertz CT molecular complexity index is 590. The maximum absolute atomic E-state index is 5.94. The molecule has 0 saturated heterocycles. The molecule has 1 unspecified atom stereocenters. The lowest BCUT2D eigenvalue weighted by Crippen LogP contribution is -2.04. The minimum atomic E-state index is 0.0311. The van der Waals surface area contributed by atoms with Crippen LogP contribution in [0.1, 0.15) is 36.1 Å². The van der Waals surface area contributed by atoms with E-state index in [2.05, 4.69) is 18.2 Å². The van der Waals surface area contributed by atoms with Crippen molar-refractivity contribution in [3.8, 4) is 11.5 Å². The molecule has 2 heteroatoms. The molecule has 0 aromatic heterocycles. The molecule has 0 saturated carbocycles. The Balaban J connectivity index is 1.83. The zero-order valence-electron chi connectivity index (χ0n) is 11.2. The molecule has 1 atom stereocenters. The monoisotopic (exact) mass is 253 g/mol. The third kappa shape index (κ3) is 2.64. The van der Waals surface area contributed by atoms with E-state index in [1.807, 2.05) is 31.2 Å². The first-order chi connectivity index (χ1) is 9.22. The Labute approximate surface area is 114 Å². The van der Waals surface area contributed by atoms with Gasteiger partial charge >= 0.3 is 0 Å². The summed E-state index contributed by atoms with van der Waals surface area (Å²) in [6.45, 7) is 1.98. The normalized spacial score (nSPS) is 15.1. The second-order valence-electron chi connectivity index (χ2n) is 5.25. The molecule has 2 N–H and O–H groups in total. The quantitative estimate of drug-likeness (QED) is 0.897. The van der Waals surface area contributed by atoms with Crippen molar-refractivity contribution in [1.29, 1.82) is 0 Å². The van der Waals surface area contributed by atoms with Crippen LogP contribution in [0.2, 0.25) is 0 Å². The smallest absolute Gasteiger partial charge is 0.127 e. The molecule has 1 aliphatic carbocycles. The van der Waals surface area contributed by atoms with Gasteiger partial charge in [-0.3, -0.25) is 0 Å². The molecule has 1 aliphatic rings. The number of ether oxygens (including phenoxy) is 1. The summed E-state index contributed by atoms with van der Waals surface area (Å²) in [5.41, 5.74) is 9.89. The lowest BCUT2D eigenvalue weighted by atomic mass is 10.1. The summed E-state index contributed by atoms with van der Waals surface area (Å²) >= 11 is 0. The summed E-state index contributed by atoms with van der Waals surface area (Å²) in [5.74, 6) is 1.77. The molecule has 0 fully saturated rings. The summed E-state index contributed by atoms with van der Waals surface area (Å²) < 4.78 is 5.94. The van der Waals surface area contributed by atoms with Crippen molar-refractivity contribution in [1.82, 2.24) is 0 Å². The van der Waals surface area contributed by atoms with Gasteiger partial charge in [-0.2, -0.15) is 0 Å². The van der Waals surface area contributed by atoms with Gasteiger partial charge in [0, 0.05) is 6.04 Å². The van der Waals surface area contributed by atoms with Crippen molar-refractivity contribution in [2.75, 3.05) is 0 Å². The minimum Gasteiger partial charge on any atom is -0.457 e. The van der Waals surface area contributed by atoms with Gasteiger partial charge in [-0.25, -0.2) is 0 Å². The first-order valence-corrected chi connectivity index (χ1v) is 6.87. The average molecular weight is 253 g/mol. The Hall–Kier alpha value is -1.80. The van der Waals surface area contributed by atoms with Crippen LogP contribution in [-0.2, 0) is 12.8 Å². The molecule has 2 aromatic carbocycles. The first-order valence-electron chi connectivity index (χ1n) is 6.87. The molecule has 98 valence electrons. The van der Waals surface area contributed by atoms with Crippen LogP contribution in [0, 0.1) is 0 Å². The van der Waals surface area contributed by atoms with Gasteiger partial charge in [0.05, 0.1) is 0 Å². The van der Waals surface area contributed by atoms with Crippen molar-refractivity contribution < 1.29 is 4.74 Å². The molecule has 0 aliphatic heterocycles. The van der Waals surface area contributed by atoms with Crippen LogP contribution in [0.15, 0.2) is 42.5 Å². The van der Waals surface area contributed by atoms with Crippen molar-refractivity contribution >= 4 is 0 Å². The largest absolute Gasteiger partial charge is 0.457 e. The summed E-state index contributed by atoms with van der Waals surface area (Å²) in [6, 6.07) is 14.4. The van der Waals surface area contributed by atoms with Gasteiger partial charge in [0.15, 0.2) is 0 Å². The highest BCUT2D eigenvalue weighted by Gasteiger charge is 2.11. The van der Waals surface area contributed by atoms with E-state index < -0.39 is 0 Å². The molecule has 2 aromatic rings. The number of hydrogen-bond acceptors (Lipinski definition) is 2. The summed E-state index contributed by atoms with van der Waals surface area (Å²) in [4.78, 5) is 0. The van der Waals surface area contributed by atoms with Crippen LogP contribution < -0.4 is 10.5 Å². The standard InChI is InChI=1S/C17H19NO/c1-12(18)14-5-3-7-16(10-14)19-17-9-8-13-4-2-6-15(13)11-17/h3,5,7-12H,2,4,6,18H2,1H3. The Kier molecular flexibility index (Phi) is 3.26. The molecular weight excluding hydrogens is 234 g/mol. The maximum atomic E-state index is 5.94. The molecule has 3 rings (SSSR count). The van der Waals surface area contributed by atoms with Gasteiger partial charge in [0.2, 0.25) is 0 Å². The van der Waals surface area contributed by atoms with Gasteiger partial charge in [0.1, 0.15) is 11.5 Å². The van der Waals surface area contributed by atoms with E-state index in [9.17, 15) is 0 Å². The van der Waals surface area contributed by atoms with Gasteiger partial charge in [-0.1, -0.05) is 18.2 Å². The molecule has 0 spiro atoms. The van der Waals surface area contributed by atoms with E-state index in [1.165, 1.54) is 30.4 Å². The van der Waals surface area contributed by atoms with Gasteiger partial charge < -0.3 is 10.5 Å². The molecule has 0 heterocycles. The van der Waals surface area contributed by atoms with Gasteiger partial charge in [-0.05, 0) is 67.1 Å². The third-order valence-electron chi connectivity index (χ3n) is 3.69. The van der Waals surface area contributed by atoms with E-state index >= 15 is 0 Å². The zero-order chi connectivity index (χ0) is 13.2. The molecule has 0 amide bonds. The SMILES string of the molecule is CC(N)c1cccc(Oc2ccc3c(c2)CCC3)c1. The predicted molar refractivity (Wildman–Crippen MR) is 77.6 cm³/mol. The second kappa shape index (κ2) is 5.06. The van der Waals surface area contributed by atoms with Crippen LogP contribution in [0.4, 0.5) is 0 Å². The predicted octanol–water partition coefficient (Wildman–Crippen LogP) is 3.99. The zero-order valence-corrected chi connectivity index (χ0v) is 11.2. The highest BCUT2D eigenvalue weighted by atomic mass is 16.5. The molecular formula is C17H19NO. The first kappa shape index (κ1) is 12.2. The fraction of sp³-hybridized carbons (Fsp3) is 0.294. The van der Waals surface area contributed by atoms with Crippen LogP contribution in [0.5, 0.6) is 11.5 Å². The fourth-order valence-electron chi connectivity index (χ4n) is 2.61. The Morgan fingerprint density at radius 3 is 2.63 bits per heavy atom. The van der Waals surface area contributed by atoms with Crippen molar-refractivity contribution in [3.05, 3.63) is 59.2 Å². The number of fused-ring (bicyclic) bond motifs is 1. The highest BCUT2D eigenvalue weighted by molar-refractivity contribution is 5.41. The highest BCUT2D eigenvalue weighted by Crippen LogP contribution is 2.29. The van der Waals surface area contributed by atoms with E-state index in [0.717, 1.165) is 17.1 Å². The molecule has 2 nitrogen and oxygen atoms in total. The number of aryl methyl sites for hydroxylation is 2. The fourth-order valence-corrected chi connectivity index (χ4v) is 2.61. The van der Waals surface area contributed by atoms with E-state index in [4.69, 9.17) is 10.5 Å². The molecule has 0 bridgehead atoms. The van der Waals surface area contributed by atoms with E-state index in [0.29, 0.717) is 0 Å². The summed E-state index contributed by atoms with van der Waals surface area (Å²) in [6.07, 6.45) is 3.64. The minimum absolute atomic E-state index is 0.0311. The topological polar surface area (TPSA) is 35.2 Å². The summed E-state index contributed by atoms with van der Waals surface area (Å²) in [7, 11) is 0. The maximum Gasteiger partial charge on any atom is 0.127 e. The van der Waals surface area contributed by atoms with E-state index in [-0.39, 0.29) is 6.04 Å². The average Bonchev–Trinajstić information content (AvgIpc) is 2.86. The lowest BCUT2D eigenvalue weighted by Gasteiger charge is -2.10. The van der Waals surface area contributed by atoms with Crippen LogP contribution in [-0.4, -0.2) is 0 Å². The summed E-state index contributed by atoms with van der Waals surface area (Å²) in [5, 5.41) is 0. The molecule has 19 heavy (non-hydrogen) atoms. The van der Waals surface area contributed by atoms with Crippen LogP contribution >= 0.6 is 0 Å². The number of hydrogen-bond donors (Lipinski definition) is 1. The second-order valence-corrected chi connectivity index (χ2v) is 5.25. The Morgan fingerprint density at radius 2 is 1.79 bits per heavy atom. The number of benzene rings is 2. The number of rotatable bonds is 3. The number of nitrogens with two attached hydrogens (primary N) is 1.